The molecule has 1 aromatic heterocycles. The summed E-state index contributed by atoms with van der Waals surface area (Å²) in [5, 5.41) is 11.2. The number of aryl methyl sites for hydroxylation is 1. The van der Waals surface area contributed by atoms with Crippen LogP contribution in [0.4, 0.5) is 0 Å². The van der Waals surface area contributed by atoms with Gasteiger partial charge in [0.15, 0.2) is 0 Å². The second-order valence-electron chi connectivity index (χ2n) is 8.33. The number of carboxylic acids is 1. The van der Waals surface area contributed by atoms with Gasteiger partial charge in [0.2, 0.25) is 11.8 Å². The predicted molar refractivity (Wildman–Crippen MR) is 119 cm³/mol. The van der Waals surface area contributed by atoms with Crippen molar-refractivity contribution in [2.45, 2.75) is 37.8 Å². The Bertz CT molecular complexity index is 1210. The van der Waals surface area contributed by atoms with Crippen LogP contribution in [0.1, 0.15) is 37.3 Å². The van der Waals surface area contributed by atoms with E-state index in [4.69, 9.17) is 9.84 Å². The number of nitrogens with one attached hydrogen (secondary N) is 1. The van der Waals surface area contributed by atoms with Crippen LogP contribution in [0, 0.1) is 11.8 Å². The normalized spacial score (nSPS) is 19.8. The van der Waals surface area contributed by atoms with Crippen molar-refractivity contribution in [3.05, 3.63) is 34.2 Å². The lowest BCUT2D eigenvalue weighted by Gasteiger charge is -2.30. The Balaban J connectivity index is 1.47. The zero-order valence-corrected chi connectivity index (χ0v) is 18.4. The third-order valence-corrected chi connectivity index (χ3v) is 6.13. The lowest BCUT2D eigenvalue weighted by atomic mass is 10.1. The number of aliphatic carboxylic acids is 1. The molecule has 2 aliphatic rings. The highest BCUT2D eigenvalue weighted by Crippen LogP contribution is 2.24. The second kappa shape index (κ2) is 9.60. The van der Waals surface area contributed by atoms with Crippen molar-refractivity contribution in [2.75, 3.05) is 26.2 Å². The number of likely N-dealkylation sites (tertiary alicyclic amines) is 1. The Hall–Kier alpha value is -3.42. The molecule has 1 aromatic carbocycles. The van der Waals surface area contributed by atoms with E-state index in [1.807, 2.05) is 11.0 Å². The number of piperidine rings is 2. The minimum atomic E-state index is -0.824. The molecule has 10 nitrogen and oxygen atoms in total. The quantitative estimate of drug-likeness (QED) is 0.490. The summed E-state index contributed by atoms with van der Waals surface area (Å²) >= 11 is 0. The average Bonchev–Trinajstić information content (AvgIpc) is 3.03. The van der Waals surface area contributed by atoms with Gasteiger partial charge in [-0.15, -0.1) is 0 Å². The number of nitrogens with zero attached hydrogens (tertiary/aromatic N) is 3. The van der Waals surface area contributed by atoms with Crippen molar-refractivity contribution in [3.8, 4) is 11.8 Å². The van der Waals surface area contributed by atoms with Crippen molar-refractivity contribution in [1.82, 2.24) is 19.4 Å². The Labute approximate surface area is 190 Å². The van der Waals surface area contributed by atoms with Crippen LogP contribution in [-0.2, 0) is 26.2 Å². The third-order valence-electron chi connectivity index (χ3n) is 6.13. The maximum absolute atomic E-state index is 12.9. The molecule has 2 aliphatic heterocycles. The molecule has 0 radical (unpaired) electrons. The number of rotatable bonds is 5. The molecule has 0 bridgehead atoms. The highest BCUT2D eigenvalue weighted by Gasteiger charge is 2.31. The fourth-order valence-corrected chi connectivity index (χ4v) is 4.49. The number of amides is 2. The summed E-state index contributed by atoms with van der Waals surface area (Å²) in [5.74, 6) is 4.45. The van der Waals surface area contributed by atoms with E-state index in [9.17, 15) is 19.2 Å². The first-order valence-electron chi connectivity index (χ1n) is 10.9. The van der Waals surface area contributed by atoms with Crippen LogP contribution >= 0.6 is 0 Å². The number of carbonyl (C=O) groups excluding carboxylic acids is 2. The summed E-state index contributed by atoms with van der Waals surface area (Å²) in [4.78, 5) is 49.5. The molecule has 2 fully saturated rings. The van der Waals surface area contributed by atoms with Gasteiger partial charge < -0.3 is 9.84 Å². The van der Waals surface area contributed by atoms with Gasteiger partial charge in [-0.1, -0.05) is 17.9 Å². The van der Waals surface area contributed by atoms with Crippen molar-refractivity contribution in [2.24, 2.45) is 7.05 Å². The highest BCUT2D eigenvalue weighted by molar-refractivity contribution is 6.00. The fourth-order valence-electron chi connectivity index (χ4n) is 4.49. The number of benzene rings is 1. The predicted octanol–water partition coefficient (Wildman–Crippen LogP) is 0.235. The number of imidazole rings is 1. The molecule has 10 heteroatoms. The Morgan fingerprint density at radius 3 is 2.67 bits per heavy atom. The molecule has 0 aliphatic carbocycles. The van der Waals surface area contributed by atoms with Gasteiger partial charge in [-0.25, -0.2) is 4.79 Å². The molecule has 3 heterocycles. The first-order valence-corrected chi connectivity index (χ1v) is 10.9. The first-order chi connectivity index (χ1) is 15.8. The van der Waals surface area contributed by atoms with Crippen molar-refractivity contribution < 1.29 is 24.2 Å². The van der Waals surface area contributed by atoms with Gasteiger partial charge in [0.25, 0.3) is 0 Å². The van der Waals surface area contributed by atoms with E-state index in [2.05, 4.69) is 17.2 Å². The maximum atomic E-state index is 12.9. The molecule has 1 unspecified atom stereocenters. The fraction of sp³-hybridized carbons (Fsp3) is 0.478. The second-order valence-corrected chi connectivity index (χ2v) is 8.33. The number of fused-ring (bicyclic) bond motifs is 1. The molecular formula is C23H26N4O6. The Kier molecular flexibility index (Phi) is 6.62. The average molecular weight is 454 g/mol. The van der Waals surface area contributed by atoms with Crippen LogP contribution in [0.5, 0.6) is 0 Å². The number of carboxylic acid groups (broad SMARTS) is 1. The SMILES string of the molecule is Cn1c(=O)n(C2CCC(=O)NC2=O)c2cccc(C#CCOC3CCN(CC(=O)O)CC3)c21. The smallest absolute Gasteiger partial charge is 0.329 e. The van der Waals surface area contributed by atoms with E-state index in [0.29, 0.717) is 29.7 Å². The molecule has 33 heavy (non-hydrogen) atoms. The number of para-hydroxylation sites is 1. The summed E-state index contributed by atoms with van der Waals surface area (Å²) in [5.41, 5.74) is 1.54. The number of aromatic nitrogens is 2. The number of hydrogen-bond acceptors (Lipinski definition) is 6. The number of imide groups is 1. The summed E-state index contributed by atoms with van der Waals surface area (Å²) in [6, 6.07) is 4.63. The molecular weight excluding hydrogens is 428 g/mol. The molecule has 174 valence electrons. The van der Waals surface area contributed by atoms with E-state index >= 15 is 0 Å². The summed E-state index contributed by atoms with van der Waals surface area (Å²) < 4.78 is 8.75. The number of hydrogen-bond donors (Lipinski definition) is 2. The van der Waals surface area contributed by atoms with E-state index in [0.717, 1.165) is 12.8 Å². The van der Waals surface area contributed by atoms with Crippen LogP contribution < -0.4 is 11.0 Å². The molecule has 4 rings (SSSR count). The molecule has 2 aromatic rings. The monoisotopic (exact) mass is 454 g/mol. The van der Waals surface area contributed by atoms with Crippen molar-refractivity contribution in [3.63, 3.8) is 0 Å². The van der Waals surface area contributed by atoms with Gasteiger partial charge in [0.05, 0.1) is 29.2 Å². The van der Waals surface area contributed by atoms with Crippen LogP contribution in [-0.4, -0.2) is 69.3 Å². The lowest BCUT2D eigenvalue weighted by molar-refractivity contribution is -0.139. The minimum Gasteiger partial charge on any atom is -0.480 e. The van der Waals surface area contributed by atoms with E-state index in [1.54, 1.807) is 19.2 Å². The molecule has 2 amide bonds. The van der Waals surface area contributed by atoms with Gasteiger partial charge in [-0.3, -0.25) is 33.7 Å². The zero-order valence-electron chi connectivity index (χ0n) is 18.4. The molecule has 1 atom stereocenters. The third kappa shape index (κ3) is 4.84. The van der Waals surface area contributed by atoms with E-state index < -0.39 is 17.9 Å². The van der Waals surface area contributed by atoms with Crippen LogP contribution in [0.3, 0.4) is 0 Å². The van der Waals surface area contributed by atoms with Gasteiger partial charge in [-0.2, -0.15) is 0 Å². The Morgan fingerprint density at radius 1 is 1.21 bits per heavy atom. The molecule has 0 spiro atoms. The van der Waals surface area contributed by atoms with E-state index in [-0.39, 0.29) is 43.7 Å². The summed E-state index contributed by atoms with van der Waals surface area (Å²) in [7, 11) is 1.64. The van der Waals surface area contributed by atoms with Gasteiger partial charge in [0, 0.05) is 26.6 Å². The largest absolute Gasteiger partial charge is 0.480 e. The van der Waals surface area contributed by atoms with Crippen molar-refractivity contribution in [1.29, 1.82) is 0 Å². The summed E-state index contributed by atoms with van der Waals surface area (Å²) in [6.07, 6.45) is 2.02. The summed E-state index contributed by atoms with van der Waals surface area (Å²) in [6.45, 7) is 1.63. The number of carbonyl (C=O) groups is 3. The number of ether oxygens (including phenoxy) is 1. The topological polar surface area (TPSA) is 123 Å². The molecule has 2 N–H and O–H groups in total. The highest BCUT2D eigenvalue weighted by atomic mass is 16.5. The van der Waals surface area contributed by atoms with Gasteiger partial charge in [0.1, 0.15) is 12.6 Å². The van der Waals surface area contributed by atoms with Crippen LogP contribution in [0.25, 0.3) is 11.0 Å². The lowest BCUT2D eigenvalue weighted by Crippen LogP contribution is -2.44. The molecule has 2 saturated heterocycles. The van der Waals surface area contributed by atoms with E-state index in [1.165, 1.54) is 9.13 Å². The van der Waals surface area contributed by atoms with Crippen molar-refractivity contribution >= 4 is 28.8 Å². The first kappa shape index (κ1) is 22.8. The standard InChI is InChI=1S/C23H26N4O6/c1-25-21-15(5-3-13-33-16-9-11-26(12-10-16)14-20(29)30)4-2-6-17(21)27(23(25)32)18-7-8-19(28)24-22(18)31/h2,4,6,16,18H,7-14H2,1H3,(H,29,30)(H,24,28,31). The van der Waals surface area contributed by atoms with Gasteiger partial charge in [-0.05, 0) is 31.4 Å². The zero-order chi connectivity index (χ0) is 23.5. The van der Waals surface area contributed by atoms with Gasteiger partial charge >= 0.3 is 11.7 Å². The van der Waals surface area contributed by atoms with Crippen LogP contribution in [0.2, 0.25) is 0 Å². The molecule has 0 saturated carbocycles. The van der Waals surface area contributed by atoms with Crippen LogP contribution in [0.15, 0.2) is 23.0 Å². The maximum Gasteiger partial charge on any atom is 0.329 e. The Morgan fingerprint density at radius 2 is 1.97 bits per heavy atom. The minimum absolute atomic E-state index is 0.0399.